The van der Waals surface area contributed by atoms with Gasteiger partial charge < -0.3 is 10.6 Å². The molecule has 0 aliphatic carbocycles. The van der Waals surface area contributed by atoms with Crippen molar-refractivity contribution in [2.75, 3.05) is 18.8 Å². The lowest BCUT2D eigenvalue weighted by Gasteiger charge is -2.23. The molecule has 100 valence electrons. The van der Waals surface area contributed by atoms with Crippen LogP contribution in [0.15, 0.2) is 23.1 Å². The lowest BCUT2D eigenvalue weighted by atomic mass is 10.2. The Balaban J connectivity index is 2.75. The van der Waals surface area contributed by atoms with Gasteiger partial charge in [0.15, 0.2) is 0 Å². The van der Waals surface area contributed by atoms with Gasteiger partial charge in [0.25, 0.3) is 0 Å². The van der Waals surface area contributed by atoms with E-state index in [0.29, 0.717) is 0 Å². The zero-order valence-corrected chi connectivity index (χ0v) is 12.4. The van der Waals surface area contributed by atoms with Crippen LogP contribution in [0.25, 0.3) is 0 Å². The molecule has 18 heavy (non-hydrogen) atoms. The van der Waals surface area contributed by atoms with Crippen LogP contribution in [-0.2, 0) is 4.79 Å². The summed E-state index contributed by atoms with van der Waals surface area (Å²) >= 11 is 1.60. The lowest BCUT2D eigenvalue weighted by Crippen LogP contribution is -2.36. The van der Waals surface area contributed by atoms with Gasteiger partial charge in [0.2, 0.25) is 5.91 Å². The van der Waals surface area contributed by atoms with Crippen molar-refractivity contribution in [1.29, 1.82) is 0 Å². The molecular formula is C14H22N2OS. The Hall–Kier alpha value is -1.16. The summed E-state index contributed by atoms with van der Waals surface area (Å²) in [5.74, 6) is 0.196. The molecule has 0 aliphatic rings. The number of thioether (sulfide) groups is 1. The third-order valence-corrected chi connectivity index (χ3v) is 4.19. The van der Waals surface area contributed by atoms with E-state index in [1.807, 2.05) is 50.8 Å². The summed E-state index contributed by atoms with van der Waals surface area (Å²) in [6, 6.07) is 5.81. The smallest absolute Gasteiger partial charge is 0.235 e. The van der Waals surface area contributed by atoms with Crippen LogP contribution in [0.3, 0.4) is 0 Å². The first kappa shape index (κ1) is 14.9. The van der Waals surface area contributed by atoms with Gasteiger partial charge in [-0.05, 0) is 51.5 Å². The van der Waals surface area contributed by atoms with Crippen molar-refractivity contribution in [3.63, 3.8) is 0 Å². The highest BCUT2D eigenvalue weighted by atomic mass is 32.2. The number of hydrogen-bond donors (Lipinski definition) is 1. The van der Waals surface area contributed by atoms with Crippen LogP contribution < -0.4 is 5.73 Å². The number of nitrogens with two attached hydrogens (primary N) is 1. The molecule has 1 aromatic rings. The molecule has 0 heterocycles. The average Bonchev–Trinajstić information content (AvgIpc) is 2.34. The fourth-order valence-corrected chi connectivity index (χ4v) is 2.86. The molecule has 0 bridgehead atoms. The SMILES string of the molecule is CCN(CC)C(=O)C(C)Sc1ccc(N)cc1C. The molecule has 0 aromatic heterocycles. The number of anilines is 1. The van der Waals surface area contributed by atoms with Crippen molar-refractivity contribution >= 4 is 23.4 Å². The summed E-state index contributed by atoms with van der Waals surface area (Å²) in [5, 5.41) is -0.0628. The minimum atomic E-state index is -0.0628. The second-order valence-corrected chi connectivity index (χ2v) is 5.68. The van der Waals surface area contributed by atoms with Gasteiger partial charge >= 0.3 is 0 Å². The van der Waals surface area contributed by atoms with Gasteiger partial charge in [-0.3, -0.25) is 4.79 Å². The molecule has 4 heteroatoms. The third kappa shape index (κ3) is 3.67. The maximum Gasteiger partial charge on any atom is 0.235 e. The lowest BCUT2D eigenvalue weighted by molar-refractivity contribution is -0.129. The molecule has 2 N–H and O–H groups in total. The van der Waals surface area contributed by atoms with Crippen LogP contribution in [0.2, 0.25) is 0 Å². The number of benzene rings is 1. The zero-order valence-electron chi connectivity index (χ0n) is 11.6. The Morgan fingerprint density at radius 3 is 2.50 bits per heavy atom. The van der Waals surface area contributed by atoms with Gasteiger partial charge in [-0.15, -0.1) is 11.8 Å². The molecule has 1 atom stereocenters. The third-order valence-electron chi connectivity index (χ3n) is 2.93. The van der Waals surface area contributed by atoms with Gasteiger partial charge in [-0.2, -0.15) is 0 Å². The fourth-order valence-electron chi connectivity index (χ4n) is 1.84. The Kier molecular flexibility index (Phi) is 5.54. The molecule has 0 saturated heterocycles. The summed E-state index contributed by atoms with van der Waals surface area (Å²) in [6.07, 6.45) is 0. The molecule has 1 rings (SSSR count). The largest absolute Gasteiger partial charge is 0.399 e. The highest BCUT2D eigenvalue weighted by Gasteiger charge is 2.19. The molecule has 1 aromatic carbocycles. The maximum absolute atomic E-state index is 12.2. The number of hydrogen-bond acceptors (Lipinski definition) is 3. The van der Waals surface area contributed by atoms with E-state index in [1.165, 1.54) is 0 Å². The molecule has 1 unspecified atom stereocenters. The molecule has 3 nitrogen and oxygen atoms in total. The van der Waals surface area contributed by atoms with Gasteiger partial charge in [0.1, 0.15) is 0 Å². The van der Waals surface area contributed by atoms with Gasteiger partial charge in [0.05, 0.1) is 5.25 Å². The second-order valence-electron chi connectivity index (χ2n) is 4.30. The average molecular weight is 266 g/mol. The second kappa shape index (κ2) is 6.69. The number of aryl methyl sites for hydroxylation is 1. The van der Waals surface area contributed by atoms with Gasteiger partial charge in [0, 0.05) is 23.7 Å². The van der Waals surface area contributed by atoms with E-state index >= 15 is 0 Å². The predicted molar refractivity (Wildman–Crippen MR) is 78.8 cm³/mol. The van der Waals surface area contributed by atoms with Crippen LogP contribution in [0, 0.1) is 6.92 Å². The number of rotatable bonds is 5. The van der Waals surface area contributed by atoms with Crippen molar-refractivity contribution in [3.05, 3.63) is 23.8 Å². The molecule has 0 fully saturated rings. The van der Waals surface area contributed by atoms with E-state index in [4.69, 9.17) is 5.73 Å². The van der Waals surface area contributed by atoms with Crippen molar-refractivity contribution in [2.45, 2.75) is 37.8 Å². The van der Waals surface area contributed by atoms with Crippen LogP contribution in [-0.4, -0.2) is 29.1 Å². The summed E-state index contributed by atoms with van der Waals surface area (Å²) in [6.45, 7) is 9.52. The van der Waals surface area contributed by atoms with E-state index < -0.39 is 0 Å². The Bertz CT molecular complexity index is 416. The van der Waals surface area contributed by atoms with E-state index in [0.717, 1.165) is 29.2 Å². The van der Waals surface area contributed by atoms with Gasteiger partial charge in [-0.25, -0.2) is 0 Å². The molecule has 1 amide bonds. The van der Waals surface area contributed by atoms with Crippen molar-refractivity contribution in [2.24, 2.45) is 0 Å². The summed E-state index contributed by atoms with van der Waals surface area (Å²) in [4.78, 5) is 15.2. The molecule has 0 radical (unpaired) electrons. The highest BCUT2D eigenvalue weighted by molar-refractivity contribution is 8.00. The highest BCUT2D eigenvalue weighted by Crippen LogP contribution is 2.28. The molecule has 0 aliphatic heterocycles. The quantitative estimate of drug-likeness (QED) is 0.658. The predicted octanol–water partition coefficient (Wildman–Crippen LogP) is 2.93. The summed E-state index contributed by atoms with van der Waals surface area (Å²) in [5.41, 5.74) is 7.61. The topological polar surface area (TPSA) is 46.3 Å². The van der Waals surface area contributed by atoms with Gasteiger partial charge in [-0.1, -0.05) is 0 Å². The fraction of sp³-hybridized carbons (Fsp3) is 0.500. The minimum absolute atomic E-state index is 0.0628. The molecule has 0 spiro atoms. The number of carbonyl (C=O) groups excluding carboxylic acids is 1. The van der Waals surface area contributed by atoms with E-state index in [9.17, 15) is 4.79 Å². The maximum atomic E-state index is 12.2. The number of amides is 1. The Morgan fingerprint density at radius 2 is 2.00 bits per heavy atom. The van der Waals surface area contributed by atoms with E-state index in [2.05, 4.69) is 0 Å². The molecular weight excluding hydrogens is 244 g/mol. The van der Waals surface area contributed by atoms with Crippen molar-refractivity contribution in [3.8, 4) is 0 Å². The summed E-state index contributed by atoms with van der Waals surface area (Å²) < 4.78 is 0. The zero-order chi connectivity index (χ0) is 13.7. The van der Waals surface area contributed by atoms with E-state index in [-0.39, 0.29) is 11.2 Å². The first-order valence-corrected chi connectivity index (χ1v) is 7.19. The molecule has 0 saturated carbocycles. The van der Waals surface area contributed by atoms with E-state index in [1.54, 1.807) is 11.8 Å². The normalized spacial score (nSPS) is 12.2. The van der Waals surface area contributed by atoms with Crippen molar-refractivity contribution in [1.82, 2.24) is 4.90 Å². The first-order valence-electron chi connectivity index (χ1n) is 6.31. The first-order chi connectivity index (χ1) is 8.49. The number of carbonyl (C=O) groups is 1. The number of nitrogen functional groups attached to an aromatic ring is 1. The van der Waals surface area contributed by atoms with Crippen LogP contribution in [0.1, 0.15) is 26.3 Å². The van der Waals surface area contributed by atoms with Crippen LogP contribution in [0.5, 0.6) is 0 Å². The van der Waals surface area contributed by atoms with Crippen molar-refractivity contribution < 1.29 is 4.79 Å². The van der Waals surface area contributed by atoms with Crippen LogP contribution in [0.4, 0.5) is 5.69 Å². The monoisotopic (exact) mass is 266 g/mol. The Morgan fingerprint density at radius 1 is 1.39 bits per heavy atom. The Labute approximate surface area is 114 Å². The number of nitrogens with zero attached hydrogens (tertiary/aromatic N) is 1. The summed E-state index contributed by atoms with van der Waals surface area (Å²) in [7, 11) is 0. The minimum Gasteiger partial charge on any atom is -0.399 e. The standard InChI is InChI=1S/C14H22N2OS/c1-5-16(6-2)14(17)11(4)18-13-8-7-12(15)9-10(13)3/h7-9,11H,5-6,15H2,1-4H3. The van der Waals surface area contributed by atoms with Crippen LogP contribution >= 0.6 is 11.8 Å².